The van der Waals surface area contributed by atoms with E-state index in [0.717, 1.165) is 30.6 Å². The van der Waals surface area contributed by atoms with Crippen molar-refractivity contribution in [3.8, 4) is 0 Å². The highest BCUT2D eigenvalue weighted by Crippen LogP contribution is 2.40. The molecule has 108 valence electrons. The van der Waals surface area contributed by atoms with E-state index in [4.69, 9.17) is 5.73 Å². The molecule has 0 amide bonds. The predicted octanol–water partition coefficient (Wildman–Crippen LogP) is 2.23. The number of nitrogen functional groups attached to an aromatic ring is 1. The molecule has 1 saturated heterocycles. The lowest BCUT2D eigenvalue weighted by molar-refractivity contribution is 0.280. The SMILES string of the molecule is CCC1(CC)CCN(S(=O)(=O)c2sc(N)nc2C)C1. The third kappa shape index (κ3) is 2.51. The Morgan fingerprint density at radius 1 is 1.42 bits per heavy atom. The molecule has 0 bridgehead atoms. The lowest BCUT2D eigenvalue weighted by Gasteiger charge is -2.26. The molecule has 2 rings (SSSR count). The maximum atomic E-state index is 12.6. The van der Waals surface area contributed by atoms with Crippen LogP contribution in [0.4, 0.5) is 5.13 Å². The average molecular weight is 303 g/mol. The van der Waals surface area contributed by atoms with Gasteiger partial charge in [0.15, 0.2) is 9.34 Å². The maximum absolute atomic E-state index is 12.6. The second-order valence-corrected chi connectivity index (χ2v) is 8.38. The molecule has 0 spiro atoms. The second kappa shape index (κ2) is 5.03. The molecule has 0 unspecified atom stereocenters. The predicted molar refractivity (Wildman–Crippen MR) is 77.7 cm³/mol. The van der Waals surface area contributed by atoms with E-state index < -0.39 is 10.0 Å². The van der Waals surface area contributed by atoms with Crippen molar-refractivity contribution in [3.05, 3.63) is 5.69 Å². The van der Waals surface area contributed by atoms with Crippen molar-refractivity contribution in [3.63, 3.8) is 0 Å². The zero-order valence-corrected chi connectivity index (χ0v) is 13.3. The van der Waals surface area contributed by atoms with Crippen LogP contribution in [0.2, 0.25) is 0 Å². The molecule has 5 nitrogen and oxygen atoms in total. The molecule has 0 atom stereocenters. The Balaban J connectivity index is 2.30. The van der Waals surface area contributed by atoms with E-state index in [9.17, 15) is 8.42 Å². The van der Waals surface area contributed by atoms with Gasteiger partial charge >= 0.3 is 0 Å². The highest BCUT2D eigenvalue weighted by Gasteiger charge is 2.41. The van der Waals surface area contributed by atoms with Crippen molar-refractivity contribution in [1.29, 1.82) is 0 Å². The lowest BCUT2D eigenvalue weighted by Crippen LogP contribution is -2.31. The van der Waals surface area contributed by atoms with Gasteiger partial charge in [-0.3, -0.25) is 0 Å². The van der Waals surface area contributed by atoms with Gasteiger partial charge in [-0.25, -0.2) is 13.4 Å². The number of aryl methyl sites for hydroxylation is 1. The van der Waals surface area contributed by atoms with Gasteiger partial charge in [-0.05, 0) is 31.6 Å². The van der Waals surface area contributed by atoms with E-state index in [0.29, 0.717) is 28.1 Å². The van der Waals surface area contributed by atoms with Gasteiger partial charge in [-0.15, -0.1) is 0 Å². The minimum absolute atomic E-state index is 0.136. The number of hydrogen-bond acceptors (Lipinski definition) is 5. The molecule has 1 fully saturated rings. The highest BCUT2D eigenvalue weighted by atomic mass is 32.2. The van der Waals surface area contributed by atoms with Gasteiger partial charge < -0.3 is 5.73 Å². The molecule has 1 aromatic heterocycles. The summed E-state index contributed by atoms with van der Waals surface area (Å²) in [6.45, 7) is 7.18. The fraction of sp³-hybridized carbons (Fsp3) is 0.750. The first-order valence-electron chi connectivity index (χ1n) is 6.58. The Morgan fingerprint density at radius 2 is 2.05 bits per heavy atom. The van der Waals surface area contributed by atoms with Crippen LogP contribution in [0.3, 0.4) is 0 Å². The molecule has 19 heavy (non-hydrogen) atoms. The second-order valence-electron chi connectivity index (χ2n) is 5.22. The van der Waals surface area contributed by atoms with Crippen LogP contribution in [-0.2, 0) is 10.0 Å². The van der Waals surface area contributed by atoms with Crippen LogP contribution in [-0.4, -0.2) is 30.8 Å². The Kier molecular flexibility index (Phi) is 3.90. The summed E-state index contributed by atoms with van der Waals surface area (Å²) >= 11 is 1.06. The number of nitrogens with zero attached hydrogens (tertiary/aromatic N) is 2. The van der Waals surface area contributed by atoms with Crippen LogP contribution in [0.25, 0.3) is 0 Å². The molecular weight excluding hydrogens is 282 g/mol. The van der Waals surface area contributed by atoms with Gasteiger partial charge in [0.1, 0.15) is 0 Å². The van der Waals surface area contributed by atoms with Crippen molar-refractivity contribution < 1.29 is 8.42 Å². The molecular formula is C12H21N3O2S2. The molecule has 0 aromatic carbocycles. The zero-order chi connectivity index (χ0) is 14.3. The normalized spacial score (nSPS) is 19.9. The van der Waals surface area contributed by atoms with Crippen LogP contribution < -0.4 is 5.73 Å². The van der Waals surface area contributed by atoms with E-state index in [1.165, 1.54) is 0 Å². The number of rotatable bonds is 4. The first-order chi connectivity index (χ1) is 8.84. The lowest BCUT2D eigenvalue weighted by atomic mass is 9.82. The first-order valence-corrected chi connectivity index (χ1v) is 8.83. The van der Waals surface area contributed by atoms with Crippen molar-refractivity contribution in [2.24, 2.45) is 5.41 Å². The number of hydrogen-bond donors (Lipinski definition) is 1. The van der Waals surface area contributed by atoms with Crippen LogP contribution in [0.1, 0.15) is 38.8 Å². The minimum Gasteiger partial charge on any atom is -0.375 e. The summed E-state index contributed by atoms with van der Waals surface area (Å²) in [5.41, 5.74) is 6.25. The van der Waals surface area contributed by atoms with Crippen molar-refractivity contribution in [2.45, 2.75) is 44.2 Å². The molecule has 1 aliphatic rings. The minimum atomic E-state index is -3.43. The third-order valence-corrected chi connectivity index (χ3v) is 7.67. The summed E-state index contributed by atoms with van der Waals surface area (Å²) in [5.74, 6) is 0. The number of aromatic nitrogens is 1. The topological polar surface area (TPSA) is 76.3 Å². The highest BCUT2D eigenvalue weighted by molar-refractivity contribution is 7.91. The van der Waals surface area contributed by atoms with Crippen LogP contribution >= 0.6 is 11.3 Å². The number of anilines is 1. The van der Waals surface area contributed by atoms with Gasteiger partial charge in [0.25, 0.3) is 10.0 Å². The fourth-order valence-corrected chi connectivity index (χ4v) is 5.67. The van der Waals surface area contributed by atoms with E-state index in [-0.39, 0.29) is 5.41 Å². The van der Waals surface area contributed by atoms with Crippen molar-refractivity contribution in [1.82, 2.24) is 9.29 Å². The summed E-state index contributed by atoms with van der Waals surface area (Å²) in [6.07, 6.45) is 2.96. The van der Waals surface area contributed by atoms with Crippen LogP contribution in [0.15, 0.2) is 4.21 Å². The van der Waals surface area contributed by atoms with E-state index in [1.54, 1.807) is 11.2 Å². The van der Waals surface area contributed by atoms with E-state index in [2.05, 4.69) is 18.8 Å². The number of thiazole rings is 1. The largest absolute Gasteiger partial charge is 0.375 e. The Hall–Kier alpha value is -0.660. The Labute approximate surface area is 118 Å². The summed E-state index contributed by atoms with van der Waals surface area (Å²) in [6, 6.07) is 0. The van der Waals surface area contributed by atoms with Gasteiger partial charge in [0, 0.05) is 13.1 Å². The van der Waals surface area contributed by atoms with Crippen molar-refractivity contribution in [2.75, 3.05) is 18.8 Å². The number of sulfonamides is 1. The van der Waals surface area contributed by atoms with Gasteiger partial charge in [-0.2, -0.15) is 4.31 Å². The summed E-state index contributed by atoms with van der Waals surface area (Å²) in [7, 11) is -3.43. The Morgan fingerprint density at radius 3 is 2.47 bits per heavy atom. The smallest absolute Gasteiger partial charge is 0.254 e. The third-order valence-electron chi connectivity index (χ3n) is 4.25. The van der Waals surface area contributed by atoms with E-state index in [1.807, 2.05) is 0 Å². The number of nitrogens with two attached hydrogens (primary N) is 1. The molecule has 0 aliphatic carbocycles. The zero-order valence-electron chi connectivity index (χ0n) is 11.6. The van der Waals surface area contributed by atoms with Crippen molar-refractivity contribution >= 4 is 26.5 Å². The molecule has 0 radical (unpaired) electrons. The summed E-state index contributed by atoms with van der Waals surface area (Å²) in [5, 5.41) is 0.313. The van der Waals surface area contributed by atoms with Crippen LogP contribution in [0, 0.1) is 12.3 Å². The van der Waals surface area contributed by atoms with E-state index >= 15 is 0 Å². The average Bonchev–Trinajstić information content (AvgIpc) is 2.94. The molecule has 0 saturated carbocycles. The summed E-state index contributed by atoms with van der Waals surface area (Å²) < 4.78 is 27.2. The molecule has 2 heterocycles. The summed E-state index contributed by atoms with van der Waals surface area (Å²) in [4.78, 5) is 4.02. The maximum Gasteiger partial charge on any atom is 0.254 e. The molecule has 2 N–H and O–H groups in total. The Bertz CT molecular complexity index is 562. The quantitative estimate of drug-likeness (QED) is 0.925. The molecule has 7 heteroatoms. The molecule has 1 aromatic rings. The standard InChI is InChI=1S/C12H21N3O2S2/c1-4-12(5-2)6-7-15(8-12)19(16,17)10-9(3)14-11(13)18-10/h4-8H2,1-3H3,(H2,13,14). The first kappa shape index (κ1) is 14.7. The van der Waals surface area contributed by atoms with Crippen LogP contribution in [0.5, 0.6) is 0 Å². The molecule has 1 aliphatic heterocycles. The van der Waals surface area contributed by atoms with Gasteiger partial charge in [0.2, 0.25) is 0 Å². The van der Waals surface area contributed by atoms with Gasteiger partial charge in [-0.1, -0.05) is 25.2 Å². The monoisotopic (exact) mass is 303 g/mol. The fourth-order valence-electron chi connectivity index (χ4n) is 2.69. The van der Waals surface area contributed by atoms with Gasteiger partial charge in [0.05, 0.1) is 5.69 Å².